The highest BCUT2D eigenvalue weighted by molar-refractivity contribution is 5.08. The molecule has 1 aliphatic carbocycles. The molecule has 0 aromatic carbocycles. The molecule has 3 nitrogen and oxygen atoms in total. The van der Waals surface area contributed by atoms with Gasteiger partial charge in [-0.3, -0.25) is 0 Å². The van der Waals surface area contributed by atoms with Crippen molar-refractivity contribution < 1.29 is 0 Å². The number of rotatable bonds is 3. The van der Waals surface area contributed by atoms with Crippen LogP contribution in [0.15, 0.2) is 6.33 Å². The van der Waals surface area contributed by atoms with Gasteiger partial charge < -0.3 is 10.3 Å². The molecule has 2 atom stereocenters. The number of H-pyrrole nitrogens is 1. The molecule has 1 saturated carbocycles. The van der Waals surface area contributed by atoms with Crippen LogP contribution in [0.25, 0.3) is 0 Å². The maximum absolute atomic E-state index is 4.30. The van der Waals surface area contributed by atoms with Crippen LogP contribution in [0.4, 0.5) is 0 Å². The zero-order valence-electron chi connectivity index (χ0n) is 9.71. The lowest BCUT2D eigenvalue weighted by Crippen LogP contribution is -2.33. The molecule has 0 radical (unpaired) electrons. The molecule has 0 aliphatic heterocycles. The van der Waals surface area contributed by atoms with Gasteiger partial charge in [-0.15, -0.1) is 0 Å². The van der Waals surface area contributed by atoms with Crippen molar-refractivity contribution in [2.24, 2.45) is 5.92 Å². The van der Waals surface area contributed by atoms with E-state index in [9.17, 15) is 0 Å². The molecule has 3 heteroatoms. The normalized spacial score (nSPS) is 26.8. The lowest BCUT2D eigenvalue weighted by Gasteiger charge is -2.27. The lowest BCUT2D eigenvalue weighted by molar-refractivity contribution is 0.300. The number of aromatic nitrogens is 2. The first-order valence-electron chi connectivity index (χ1n) is 5.98. The Hall–Kier alpha value is -0.830. The van der Waals surface area contributed by atoms with Crippen molar-refractivity contribution in [2.45, 2.75) is 52.1 Å². The number of aryl methyl sites for hydroxylation is 1. The zero-order chi connectivity index (χ0) is 10.7. The van der Waals surface area contributed by atoms with Crippen LogP contribution in [0.1, 0.15) is 44.0 Å². The molecule has 15 heavy (non-hydrogen) atoms. The van der Waals surface area contributed by atoms with Crippen molar-refractivity contribution in [1.82, 2.24) is 15.3 Å². The molecule has 2 unspecified atom stereocenters. The third kappa shape index (κ3) is 2.81. The minimum atomic E-state index is 0.699. The molecule has 84 valence electrons. The van der Waals surface area contributed by atoms with Gasteiger partial charge in [0.1, 0.15) is 0 Å². The van der Waals surface area contributed by atoms with Crippen molar-refractivity contribution in [3.05, 3.63) is 17.7 Å². The highest BCUT2D eigenvalue weighted by Crippen LogP contribution is 2.23. The Balaban J connectivity index is 1.80. The number of nitrogens with zero attached hydrogens (tertiary/aromatic N) is 1. The maximum Gasteiger partial charge on any atom is 0.0925 e. The molecule has 0 bridgehead atoms. The third-order valence-electron chi connectivity index (χ3n) is 3.43. The van der Waals surface area contributed by atoms with Crippen molar-refractivity contribution in [2.75, 3.05) is 0 Å². The number of hydrogen-bond acceptors (Lipinski definition) is 2. The summed E-state index contributed by atoms with van der Waals surface area (Å²) in [7, 11) is 0. The zero-order valence-corrected chi connectivity index (χ0v) is 9.71. The molecule has 0 spiro atoms. The summed E-state index contributed by atoms with van der Waals surface area (Å²) in [5.74, 6) is 0.886. The van der Waals surface area contributed by atoms with Gasteiger partial charge in [0.2, 0.25) is 0 Å². The molecule has 1 aromatic rings. The van der Waals surface area contributed by atoms with Crippen molar-refractivity contribution in [3.63, 3.8) is 0 Å². The molecule has 0 amide bonds. The van der Waals surface area contributed by atoms with Gasteiger partial charge in [0.25, 0.3) is 0 Å². The quantitative estimate of drug-likeness (QED) is 0.799. The molecule has 1 aliphatic rings. The summed E-state index contributed by atoms with van der Waals surface area (Å²) in [6.45, 7) is 5.34. The topological polar surface area (TPSA) is 40.7 Å². The Kier molecular flexibility index (Phi) is 3.41. The Morgan fingerprint density at radius 3 is 3.07 bits per heavy atom. The predicted octanol–water partition coefficient (Wildman–Crippen LogP) is 2.39. The number of imidazole rings is 1. The smallest absolute Gasteiger partial charge is 0.0925 e. The van der Waals surface area contributed by atoms with Crippen LogP contribution >= 0.6 is 0 Å². The Labute approximate surface area is 91.7 Å². The van der Waals surface area contributed by atoms with E-state index in [0.717, 1.165) is 18.2 Å². The minimum absolute atomic E-state index is 0.699. The highest BCUT2D eigenvalue weighted by Gasteiger charge is 2.18. The first-order chi connectivity index (χ1) is 7.25. The summed E-state index contributed by atoms with van der Waals surface area (Å²) in [5, 5.41) is 3.61. The van der Waals surface area contributed by atoms with Crippen LogP contribution < -0.4 is 5.32 Å². The average Bonchev–Trinajstić information content (AvgIpc) is 2.61. The molecule has 1 fully saturated rings. The fourth-order valence-electron chi connectivity index (χ4n) is 2.43. The van der Waals surface area contributed by atoms with Gasteiger partial charge >= 0.3 is 0 Å². The fourth-order valence-corrected chi connectivity index (χ4v) is 2.43. The monoisotopic (exact) mass is 207 g/mol. The van der Waals surface area contributed by atoms with E-state index in [2.05, 4.69) is 29.1 Å². The van der Waals surface area contributed by atoms with E-state index in [1.54, 1.807) is 6.33 Å². The minimum Gasteiger partial charge on any atom is -0.348 e. The first kappa shape index (κ1) is 10.7. The summed E-state index contributed by atoms with van der Waals surface area (Å²) in [4.78, 5) is 7.42. The van der Waals surface area contributed by atoms with E-state index >= 15 is 0 Å². The number of aromatic amines is 1. The summed E-state index contributed by atoms with van der Waals surface area (Å²) >= 11 is 0. The molecule has 0 saturated heterocycles. The maximum atomic E-state index is 4.30. The Morgan fingerprint density at radius 2 is 2.40 bits per heavy atom. The summed E-state index contributed by atoms with van der Waals surface area (Å²) in [5.41, 5.74) is 2.35. The van der Waals surface area contributed by atoms with Crippen molar-refractivity contribution in [3.8, 4) is 0 Å². The van der Waals surface area contributed by atoms with Gasteiger partial charge in [-0.25, -0.2) is 4.98 Å². The Morgan fingerprint density at radius 1 is 1.53 bits per heavy atom. The van der Waals surface area contributed by atoms with Gasteiger partial charge in [0.15, 0.2) is 0 Å². The van der Waals surface area contributed by atoms with Gasteiger partial charge in [-0.05, 0) is 25.7 Å². The van der Waals surface area contributed by atoms with Crippen LogP contribution in [0, 0.1) is 12.8 Å². The highest BCUT2D eigenvalue weighted by atomic mass is 15.0. The summed E-state index contributed by atoms with van der Waals surface area (Å²) in [6, 6.07) is 0.699. The first-order valence-corrected chi connectivity index (χ1v) is 5.98. The standard InChI is InChI=1S/C12H21N3/c1-9-4-3-5-11(6-9)13-7-12-10(2)14-8-15-12/h8-9,11,13H,3-7H2,1-2H3,(H,14,15). The van der Waals surface area contributed by atoms with Crippen LogP contribution in [0.5, 0.6) is 0 Å². The lowest BCUT2D eigenvalue weighted by atomic mass is 9.87. The average molecular weight is 207 g/mol. The summed E-state index contributed by atoms with van der Waals surface area (Å²) in [6.07, 6.45) is 7.20. The van der Waals surface area contributed by atoms with E-state index in [-0.39, 0.29) is 0 Å². The van der Waals surface area contributed by atoms with E-state index in [0.29, 0.717) is 6.04 Å². The van der Waals surface area contributed by atoms with Crippen LogP contribution in [0.2, 0.25) is 0 Å². The predicted molar refractivity (Wildman–Crippen MR) is 61.6 cm³/mol. The van der Waals surface area contributed by atoms with E-state index in [1.807, 2.05) is 0 Å². The van der Waals surface area contributed by atoms with Gasteiger partial charge in [-0.1, -0.05) is 19.8 Å². The van der Waals surface area contributed by atoms with Crippen molar-refractivity contribution >= 4 is 0 Å². The second-order valence-corrected chi connectivity index (χ2v) is 4.82. The molecule has 1 heterocycles. The van der Waals surface area contributed by atoms with Gasteiger partial charge in [0, 0.05) is 18.3 Å². The SMILES string of the molecule is Cc1[nH]cnc1CNC1CCCC(C)C1. The van der Waals surface area contributed by atoms with Crippen molar-refractivity contribution in [1.29, 1.82) is 0 Å². The third-order valence-corrected chi connectivity index (χ3v) is 3.43. The second kappa shape index (κ2) is 4.79. The molecule has 1 aromatic heterocycles. The van der Waals surface area contributed by atoms with Crippen LogP contribution in [-0.4, -0.2) is 16.0 Å². The number of hydrogen-bond donors (Lipinski definition) is 2. The Bertz CT molecular complexity index is 306. The van der Waals surface area contributed by atoms with E-state index in [4.69, 9.17) is 0 Å². The molecular weight excluding hydrogens is 186 g/mol. The fraction of sp³-hybridized carbons (Fsp3) is 0.750. The van der Waals surface area contributed by atoms with Crippen LogP contribution in [-0.2, 0) is 6.54 Å². The van der Waals surface area contributed by atoms with Crippen LogP contribution in [0.3, 0.4) is 0 Å². The second-order valence-electron chi connectivity index (χ2n) is 4.82. The molecule has 2 N–H and O–H groups in total. The van der Waals surface area contributed by atoms with E-state index in [1.165, 1.54) is 31.4 Å². The van der Waals surface area contributed by atoms with Gasteiger partial charge in [0.05, 0.1) is 12.0 Å². The summed E-state index contributed by atoms with van der Waals surface area (Å²) < 4.78 is 0. The molecule has 2 rings (SSSR count). The number of nitrogens with one attached hydrogen (secondary N) is 2. The van der Waals surface area contributed by atoms with Gasteiger partial charge in [-0.2, -0.15) is 0 Å². The molecular formula is C12H21N3. The largest absolute Gasteiger partial charge is 0.348 e. The van der Waals surface area contributed by atoms with E-state index < -0.39 is 0 Å².